The number of rotatable bonds is 22. The molecule has 0 spiro atoms. The van der Waals surface area contributed by atoms with E-state index in [0.717, 1.165) is 70.8 Å². The Kier molecular flexibility index (Phi) is 14.5. The fourth-order valence-electron chi connectivity index (χ4n) is 5.92. The summed E-state index contributed by atoms with van der Waals surface area (Å²) in [4.78, 5) is 19.9. The number of ether oxygens (including phenoxy) is 2. The van der Waals surface area contributed by atoms with Crippen molar-refractivity contribution in [1.82, 2.24) is 9.88 Å². The zero-order valence-corrected chi connectivity index (χ0v) is 30.2. The van der Waals surface area contributed by atoms with Crippen molar-refractivity contribution in [3.05, 3.63) is 77.1 Å². The monoisotopic (exact) mass is 744 g/mol. The molecule has 0 aliphatic heterocycles. The number of nitrogens with zero attached hydrogens (tertiary/aromatic N) is 2. The van der Waals surface area contributed by atoms with Gasteiger partial charge in [0.15, 0.2) is 6.10 Å². The van der Waals surface area contributed by atoms with E-state index in [2.05, 4.69) is 11.1 Å². The molecule has 4 unspecified atom stereocenters. The summed E-state index contributed by atoms with van der Waals surface area (Å²) in [6.45, 7) is -0.000970. The summed E-state index contributed by atoms with van der Waals surface area (Å²) in [7, 11) is 0. The number of pyridine rings is 1. The van der Waals surface area contributed by atoms with E-state index in [9.17, 15) is 30.3 Å². The molecule has 2 aliphatic rings. The minimum Gasteiger partial charge on any atom is -0.490 e. The van der Waals surface area contributed by atoms with Crippen LogP contribution in [0, 0.1) is 0 Å². The molecular formula is C38H49ClN2O9S. The van der Waals surface area contributed by atoms with Gasteiger partial charge in [-0.15, -0.1) is 11.8 Å². The van der Waals surface area contributed by atoms with Crippen LogP contribution in [0.3, 0.4) is 0 Å². The number of amides is 1. The maximum Gasteiger partial charge on any atom is 0.254 e. The second kappa shape index (κ2) is 18.8. The van der Waals surface area contributed by atoms with Crippen LogP contribution in [0.5, 0.6) is 5.75 Å². The molecule has 278 valence electrons. The number of para-hydroxylation sites is 1. The first-order valence-corrected chi connectivity index (χ1v) is 19.0. The van der Waals surface area contributed by atoms with E-state index in [1.54, 1.807) is 18.0 Å². The van der Waals surface area contributed by atoms with Gasteiger partial charge in [-0.3, -0.25) is 9.78 Å². The molecule has 4 atom stereocenters. The lowest BCUT2D eigenvalue weighted by atomic mass is 9.96. The van der Waals surface area contributed by atoms with E-state index < -0.39 is 42.5 Å². The average Bonchev–Trinajstić information content (AvgIpc) is 4.10. The molecule has 1 aromatic heterocycles. The third-order valence-electron chi connectivity index (χ3n) is 9.28. The van der Waals surface area contributed by atoms with Crippen LogP contribution >= 0.6 is 23.4 Å². The quantitative estimate of drug-likeness (QED) is 0.0648. The predicted molar refractivity (Wildman–Crippen MR) is 194 cm³/mol. The Balaban J connectivity index is 1.15. The first-order chi connectivity index (χ1) is 24.7. The molecule has 0 radical (unpaired) electrons. The number of carbonyl (C=O) groups is 1. The zero-order valence-electron chi connectivity index (χ0n) is 28.6. The predicted octanol–water partition coefficient (Wildman–Crippen LogP) is 4.06. The van der Waals surface area contributed by atoms with Crippen LogP contribution in [0.15, 0.2) is 65.8 Å². The number of hydrogen-bond donors (Lipinski definition) is 6. The van der Waals surface area contributed by atoms with E-state index in [1.807, 2.05) is 48.7 Å². The molecule has 11 nitrogen and oxygen atoms in total. The third-order valence-corrected chi connectivity index (χ3v) is 10.7. The largest absolute Gasteiger partial charge is 0.490 e. The standard InChI is InChI=1S/C38H49ClN2O9S/c39-31-12-11-27(51-20-6-4-18-41(17-3-5-19-42)37(48)36(47)35(46)34(45)32(44)23-43)21-25(31)24-49-38(14-15-38)30-22-40-16-13-28(30)29-7-1-2-8-33(29)50-26-9-10-26/h1-2,7-8,11-13,16,21-22,26,32,34-36,42-47H,3-6,9-10,14-15,17-20,23-24H2. The van der Waals surface area contributed by atoms with Gasteiger partial charge in [-0.05, 0) is 98.6 Å². The average molecular weight is 745 g/mol. The minimum atomic E-state index is -1.98. The van der Waals surface area contributed by atoms with Crippen molar-refractivity contribution in [2.45, 2.75) is 99.0 Å². The van der Waals surface area contributed by atoms with Crippen molar-refractivity contribution >= 4 is 29.3 Å². The highest BCUT2D eigenvalue weighted by atomic mass is 35.5. The van der Waals surface area contributed by atoms with Crippen LogP contribution < -0.4 is 4.74 Å². The highest BCUT2D eigenvalue weighted by Gasteiger charge is 2.48. The second-order valence-electron chi connectivity index (χ2n) is 13.3. The lowest BCUT2D eigenvalue weighted by Crippen LogP contribution is -2.53. The number of aliphatic hydroxyl groups is 6. The number of unbranched alkanes of at least 4 members (excludes halogenated alkanes) is 2. The molecule has 13 heteroatoms. The second-order valence-corrected chi connectivity index (χ2v) is 14.8. The Morgan fingerprint density at radius 1 is 0.961 bits per heavy atom. The molecule has 2 aliphatic carbocycles. The fourth-order valence-corrected chi connectivity index (χ4v) is 7.07. The molecule has 2 fully saturated rings. The van der Waals surface area contributed by atoms with Gasteiger partial charge in [0.2, 0.25) is 0 Å². The van der Waals surface area contributed by atoms with Gasteiger partial charge >= 0.3 is 0 Å². The van der Waals surface area contributed by atoms with E-state index in [-0.39, 0.29) is 19.3 Å². The third kappa shape index (κ3) is 10.6. The minimum absolute atomic E-state index is 0.0465. The van der Waals surface area contributed by atoms with Crippen LogP contribution in [0.25, 0.3) is 11.1 Å². The van der Waals surface area contributed by atoms with E-state index in [4.69, 9.17) is 26.2 Å². The molecule has 51 heavy (non-hydrogen) atoms. The van der Waals surface area contributed by atoms with Crippen LogP contribution in [0.1, 0.15) is 62.5 Å². The van der Waals surface area contributed by atoms with Crippen LogP contribution in [-0.4, -0.2) is 109 Å². The first-order valence-electron chi connectivity index (χ1n) is 17.7. The van der Waals surface area contributed by atoms with Crippen molar-refractivity contribution in [3.8, 4) is 16.9 Å². The van der Waals surface area contributed by atoms with Crippen LogP contribution in [-0.2, 0) is 21.7 Å². The molecule has 1 amide bonds. The van der Waals surface area contributed by atoms with Gasteiger partial charge in [-0.2, -0.15) is 0 Å². The van der Waals surface area contributed by atoms with Crippen molar-refractivity contribution in [2.24, 2.45) is 0 Å². The topological polar surface area (TPSA) is 173 Å². The van der Waals surface area contributed by atoms with Gasteiger partial charge in [0.1, 0.15) is 24.1 Å². The number of thioether (sulfide) groups is 1. The summed E-state index contributed by atoms with van der Waals surface area (Å²) < 4.78 is 12.9. The molecule has 2 aromatic carbocycles. The summed E-state index contributed by atoms with van der Waals surface area (Å²) in [6, 6.07) is 16.0. The summed E-state index contributed by atoms with van der Waals surface area (Å²) >= 11 is 8.29. The smallest absolute Gasteiger partial charge is 0.254 e. The molecule has 6 N–H and O–H groups in total. The maximum absolute atomic E-state index is 13.0. The Morgan fingerprint density at radius 2 is 1.71 bits per heavy atom. The lowest BCUT2D eigenvalue weighted by Gasteiger charge is -2.30. The molecule has 2 saturated carbocycles. The Morgan fingerprint density at radius 3 is 2.41 bits per heavy atom. The van der Waals surface area contributed by atoms with Gasteiger partial charge in [0.05, 0.1) is 24.9 Å². The van der Waals surface area contributed by atoms with Gasteiger partial charge in [0, 0.05) is 53.1 Å². The SMILES string of the molecule is O=C(C(O)C(O)C(O)C(O)CO)N(CCCCO)CCCCSc1ccc(Cl)c(COC2(c3cnccc3-c3ccccc3OC3CC3)CC2)c1. The molecule has 5 rings (SSSR count). The van der Waals surface area contributed by atoms with E-state index in [1.165, 1.54) is 4.90 Å². The Bertz CT molecular complexity index is 1570. The van der Waals surface area contributed by atoms with Gasteiger partial charge in [-0.25, -0.2) is 0 Å². The highest BCUT2D eigenvalue weighted by molar-refractivity contribution is 7.99. The lowest BCUT2D eigenvalue weighted by molar-refractivity contribution is -0.158. The van der Waals surface area contributed by atoms with Gasteiger partial charge in [-0.1, -0.05) is 29.8 Å². The maximum atomic E-state index is 13.0. The molecule has 3 aromatic rings. The number of carbonyl (C=O) groups excluding carboxylic acids is 1. The Hall–Kier alpha value is -2.78. The summed E-state index contributed by atoms with van der Waals surface area (Å²) in [6.07, 6.45) is 2.67. The van der Waals surface area contributed by atoms with Crippen molar-refractivity contribution < 1.29 is 44.9 Å². The van der Waals surface area contributed by atoms with Gasteiger partial charge in [0.25, 0.3) is 5.91 Å². The zero-order chi connectivity index (χ0) is 36.4. The highest BCUT2D eigenvalue weighted by Crippen LogP contribution is 2.53. The number of halogens is 1. The molecular weight excluding hydrogens is 696 g/mol. The van der Waals surface area contributed by atoms with Gasteiger partial charge < -0.3 is 45.0 Å². The van der Waals surface area contributed by atoms with E-state index in [0.29, 0.717) is 37.4 Å². The first kappa shape index (κ1) is 39.4. The number of aliphatic hydroxyl groups excluding tert-OH is 6. The normalized spacial score (nSPS) is 17.4. The molecule has 0 saturated heterocycles. The van der Waals surface area contributed by atoms with Crippen LogP contribution in [0.2, 0.25) is 5.02 Å². The van der Waals surface area contributed by atoms with E-state index >= 15 is 0 Å². The number of hydrogen-bond acceptors (Lipinski definition) is 11. The number of aromatic nitrogens is 1. The molecule has 0 bridgehead atoms. The number of benzene rings is 2. The summed E-state index contributed by atoms with van der Waals surface area (Å²) in [5.74, 6) is 0.837. The van der Waals surface area contributed by atoms with Crippen molar-refractivity contribution in [2.75, 3.05) is 32.1 Å². The summed E-state index contributed by atoms with van der Waals surface area (Å²) in [5, 5.41) is 59.1. The van der Waals surface area contributed by atoms with Crippen molar-refractivity contribution in [1.29, 1.82) is 0 Å². The summed E-state index contributed by atoms with van der Waals surface area (Å²) in [5.41, 5.74) is 3.58. The van der Waals surface area contributed by atoms with Crippen LogP contribution in [0.4, 0.5) is 0 Å². The molecule has 1 heterocycles. The van der Waals surface area contributed by atoms with Crippen molar-refractivity contribution in [3.63, 3.8) is 0 Å². The fraction of sp³-hybridized carbons (Fsp3) is 0.526. The Labute approximate surface area is 308 Å².